The van der Waals surface area contributed by atoms with Gasteiger partial charge in [-0.3, -0.25) is 19.5 Å². The monoisotopic (exact) mass is 393 g/mol. The third-order valence-corrected chi connectivity index (χ3v) is 5.43. The fourth-order valence-corrected chi connectivity index (χ4v) is 3.91. The number of benzene rings is 1. The molecule has 0 unspecified atom stereocenters. The highest BCUT2D eigenvalue weighted by molar-refractivity contribution is 5.94. The number of H-pyrrole nitrogens is 1. The van der Waals surface area contributed by atoms with Crippen molar-refractivity contribution in [1.29, 1.82) is 0 Å². The van der Waals surface area contributed by atoms with Crippen LogP contribution >= 0.6 is 0 Å². The summed E-state index contributed by atoms with van der Waals surface area (Å²) in [5.41, 5.74) is 2.91. The molecule has 0 spiro atoms. The van der Waals surface area contributed by atoms with Crippen LogP contribution in [0.15, 0.2) is 36.5 Å². The first-order valence-electron chi connectivity index (χ1n) is 10.0. The van der Waals surface area contributed by atoms with Crippen LogP contribution in [-0.2, 0) is 13.1 Å². The van der Waals surface area contributed by atoms with Crippen molar-refractivity contribution in [1.82, 2.24) is 35.2 Å². The Labute approximate surface area is 170 Å². The van der Waals surface area contributed by atoms with Crippen molar-refractivity contribution in [2.45, 2.75) is 52.4 Å². The van der Waals surface area contributed by atoms with Gasteiger partial charge in [0.2, 0.25) is 0 Å². The van der Waals surface area contributed by atoms with Crippen molar-refractivity contribution >= 4 is 5.91 Å². The van der Waals surface area contributed by atoms with Crippen molar-refractivity contribution < 1.29 is 4.79 Å². The smallest absolute Gasteiger partial charge is 0.251 e. The zero-order valence-electron chi connectivity index (χ0n) is 17.1. The minimum atomic E-state index is -0.0441. The van der Waals surface area contributed by atoms with Gasteiger partial charge in [0, 0.05) is 43.0 Å². The lowest BCUT2D eigenvalue weighted by Gasteiger charge is -2.21. The summed E-state index contributed by atoms with van der Waals surface area (Å²) in [6.45, 7) is 8.37. The first-order chi connectivity index (χ1) is 14.0. The van der Waals surface area contributed by atoms with Gasteiger partial charge in [0.25, 0.3) is 5.91 Å². The van der Waals surface area contributed by atoms with E-state index in [2.05, 4.69) is 43.6 Å². The van der Waals surface area contributed by atoms with Crippen LogP contribution in [0.25, 0.3) is 0 Å². The van der Waals surface area contributed by atoms with Gasteiger partial charge in [-0.15, -0.1) is 0 Å². The van der Waals surface area contributed by atoms with Crippen molar-refractivity contribution in [2.75, 3.05) is 6.54 Å². The molecule has 3 heterocycles. The van der Waals surface area contributed by atoms with Gasteiger partial charge in [-0.25, -0.2) is 4.98 Å². The van der Waals surface area contributed by atoms with Crippen LogP contribution in [0.1, 0.15) is 52.7 Å². The molecule has 1 aliphatic heterocycles. The molecule has 2 N–H and O–H groups in total. The largest absolute Gasteiger partial charge is 0.348 e. The van der Waals surface area contributed by atoms with Crippen molar-refractivity contribution in [2.24, 2.45) is 0 Å². The molecule has 0 aliphatic carbocycles. The number of carbonyl (C=O) groups is 1. The Morgan fingerprint density at radius 1 is 1.28 bits per heavy atom. The second-order valence-corrected chi connectivity index (χ2v) is 7.59. The Morgan fingerprint density at radius 3 is 2.72 bits per heavy atom. The quantitative estimate of drug-likeness (QED) is 0.671. The van der Waals surface area contributed by atoms with Crippen LogP contribution in [0.4, 0.5) is 0 Å². The lowest BCUT2D eigenvalue weighted by atomic mass is 10.1. The van der Waals surface area contributed by atoms with E-state index in [1.807, 2.05) is 48.9 Å². The number of carbonyl (C=O) groups excluding carboxylic acids is 1. The summed E-state index contributed by atoms with van der Waals surface area (Å²) >= 11 is 0. The van der Waals surface area contributed by atoms with Crippen LogP contribution in [0, 0.1) is 13.8 Å². The summed E-state index contributed by atoms with van der Waals surface area (Å²) in [6.07, 6.45) is 2.88. The lowest BCUT2D eigenvalue weighted by Crippen LogP contribution is -2.37. The topological polar surface area (TPSA) is 91.7 Å². The number of hydrogen-bond acceptors (Lipinski definition) is 5. The number of rotatable bonds is 6. The molecule has 0 radical (unpaired) electrons. The molecule has 152 valence electrons. The molecule has 8 nitrogen and oxygen atoms in total. The molecule has 2 aromatic heterocycles. The molecule has 1 saturated heterocycles. The third kappa shape index (κ3) is 4.22. The number of amides is 1. The Hall–Kier alpha value is -3.00. The van der Waals surface area contributed by atoms with Gasteiger partial charge in [-0.2, -0.15) is 10.2 Å². The zero-order chi connectivity index (χ0) is 20.4. The number of aryl methyl sites for hydroxylation is 3. The molecular formula is C21H27N7O. The number of aromatic nitrogens is 5. The zero-order valence-corrected chi connectivity index (χ0v) is 17.1. The van der Waals surface area contributed by atoms with E-state index in [1.165, 1.54) is 5.56 Å². The maximum Gasteiger partial charge on any atom is 0.251 e. The molecule has 8 heteroatoms. The fourth-order valence-electron chi connectivity index (χ4n) is 3.91. The highest BCUT2D eigenvalue weighted by Crippen LogP contribution is 2.32. The number of hydrogen-bond donors (Lipinski definition) is 2. The van der Waals surface area contributed by atoms with Crippen molar-refractivity contribution in [3.63, 3.8) is 0 Å². The van der Waals surface area contributed by atoms with E-state index in [0.29, 0.717) is 5.56 Å². The average molecular weight is 393 g/mol. The van der Waals surface area contributed by atoms with E-state index in [-0.39, 0.29) is 18.0 Å². The number of aromatic amines is 1. The number of likely N-dealkylation sites (tertiary alicyclic amines) is 1. The summed E-state index contributed by atoms with van der Waals surface area (Å²) in [6, 6.07) is 9.42. The number of nitrogens with zero attached hydrogens (tertiary/aromatic N) is 5. The molecule has 1 aliphatic rings. The fraction of sp³-hybridized carbons (Fsp3) is 0.429. The van der Waals surface area contributed by atoms with E-state index in [4.69, 9.17) is 0 Å². The summed E-state index contributed by atoms with van der Waals surface area (Å²) in [4.78, 5) is 19.5. The summed E-state index contributed by atoms with van der Waals surface area (Å²) in [5.74, 6) is 1.53. The van der Waals surface area contributed by atoms with Gasteiger partial charge in [0.15, 0.2) is 5.82 Å². The second kappa shape index (κ2) is 8.16. The van der Waals surface area contributed by atoms with E-state index in [1.54, 1.807) is 0 Å². The summed E-state index contributed by atoms with van der Waals surface area (Å²) in [5, 5.41) is 15.1. The predicted octanol–water partition coefficient (Wildman–Crippen LogP) is 2.38. The van der Waals surface area contributed by atoms with Crippen LogP contribution in [-0.4, -0.2) is 48.4 Å². The summed E-state index contributed by atoms with van der Waals surface area (Å²) < 4.78 is 1.96. The van der Waals surface area contributed by atoms with Crippen LogP contribution in [0.2, 0.25) is 0 Å². The summed E-state index contributed by atoms with van der Waals surface area (Å²) in [7, 11) is 0. The molecule has 1 amide bonds. The van der Waals surface area contributed by atoms with Crippen LogP contribution in [0.3, 0.4) is 0 Å². The Morgan fingerprint density at radius 2 is 2.07 bits per heavy atom. The second-order valence-electron chi connectivity index (χ2n) is 7.59. The first kappa shape index (κ1) is 19.3. The van der Waals surface area contributed by atoms with Gasteiger partial charge in [-0.05, 0) is 39.3 Å². The van der Waals surface area contributed by atoms with Crippen LogP contribution in [0.5, 0.6) is 0 Å². The van der Waals surface area contributed by atoms with Crippen molar-refractivity contribution in [3.8, 4) is 0 Å². The van der Waals surface area contributed by atoms with Gasteiger partial charge >= 0.3 is 0 Å². The molecule has 1 fully saturated rings. The molecule has 1 aromatic carbocycles. The predicted molar refractivity (Wildman–Crippen MR) is 109 cm³/mol. The molecular weight excluding hydrogens is 366 g/mol. The molecule has 29 heavy (non-hydrogen) atoms. The maximum atomic E-state index is 12.6. The van der Waals surface area contributed by atoms with E-state index >= 15 is 0 Å². The lowest BCUT2D eigenvalue weighted by molar-refractivity contribution is 0.0937. The minimum Gasteiger partial charge on any atom is -0.348 e. The number of nitrogens with one attached hydrogen (secondary N) is 2. The third-order valence-electron chi connectivity index (χ3n) is 5.43. The minimum absolute atomic E-state index is 0.0352. The van der Waals surface area contributed by atoms with Gasteiger partial charge in [0.05, 0.1) is 11.7 Å². The average Bonchev–Trinajstić information content (AvgIpc) is 3.42. The highest BCUT2D eigenvalue weighted by atomic mass is 16.1. The van der Waals surface area contributed by atoms with Crippen LogP contribution < -0.4 is 5.32 Å². The van der Waals surface area contributed by atoms with Gasteiger partial charge < -0.3 is 5.32 Å². The first-order valence-corrected chi connectivity index (χ1v) is 10.0. The molecule has 4 rings (SSSR count). The Balaban J connectivity index is 1.53. The van der Waals surface area contributed by atoms with E-state index in [0.717, 1.165) is 43.4 Å². The van der Waals surface area contributed by atoms with E-state index in [9.17, 15) is 4.79 Å². The standard InChI is InChI=1S/C21H27N7O/c1-4-28-12-17(14(2)26-28)11-27-13-18(10-19(27)20-22-15(3)24-25-20)23-21(29)16-8-6-5-7-9-16/h5-9,12,18-19H,4,10-11,13H2,1-3H3,(H,23,29)(H,22,24,25)/t18-,19-/m0/s1. The van der Waals surface area contributed by atoms with Gasteiger partial charge in [-0.1, -0.05) is 18.2 Å². The highest BCUT2D eigenvalue weighted by Gasteiger charge is 2.36. The molecule has 2 atom stereocenters. The molecule has 0 saturated carbocycles. The SMILES string of the molecule is CCn1cc(CN2C[C@@H](NC(=O)c3ccccc3)C[C@H]2c2n[nH]c(C)n2)c(C)n1. The maximum absolute atomic E-state index is 12.6. The molecule has 0 bridgehead atoms. The normalized spacial score (nSPS) is 19.6. The Kier molecular flexibility index (Phi) is 5.44. The van der Waals surface area contributed by atoms with Gasteiger partial charge in [0.1, 0.15) is 5.82 Å². The van der Waals surface area contributed by atoms with E-state index < -0.39 is 0 Å². The molecule has 3 aromatic rings. The van der Waals surface area contributed by atoms with Crippen molar-refractivity contribution in [3.05, 3.63) is 65.0 Å². The Bertz CT molecular complexity index is 978.